The van der Waals surface area contributed by atoms with Gasteiger partial charge in [0.25, 0.3) is 5.91 Å². The van der Waals surface area contributed by atoms with Gasteiger partial charge in [-0.15, -0.1) is 0 Å². The van der Waals surface area contributed by atoms with Gasteiger partial charge in [-0.3, -0.25) is 9.69 Å². The van der Waals surface area contributed by atoms with E-state index in [0.29, 0.717) is 37.4 Å². The maximum absolute atomic E-state index is 13.4. The second-order valence-electron chi connectivity index (χ2n) is 8.18. The summed E-state index contributed by atoms with van der Waals surface area (Å²) in [5.41, 5.74) is 2.40. The first-order valence-corrected chi connectivity index (χ1v) is 13.5. The summed E-state index contributed by atoms with van der Waals surface area (Å²) in [6.45, 7) is 2.63. The standard InChI is InChI=1S/C29H21Cl2NO3S2/c1-2-34-26-14-18(10-13-25(26)35-17-20-11-12-21(30)16-23(20)31)15-27-28(33)32(29(36)37-27)24-9-5-7-19-6-3-4-8-22(19)24/h3-16H,2,17H2,1H3/b27-15-. The lowest BCUT2D eigenvalue weighted by Gasteiger charge is -2.17. The van der Waals surface area contributed by atoms with Crippen LogP contribution in [0, 0.1) is 0 Å². The SMILES string of the molecule is CCOc1cc(/C=C2\SC(=S)N(c3cccc4ccccc34)C2=O)ccc1OCc1ccc(Cl)cc1Cl. The van der Waals surface area contributed by atoms with Crippen LogP contribution in [-0.4, -0.2) is 16.8 Å². The van der Waals surface area contributed by atoms with Crippen LogP contribution in [0.25, 0.3) is 16.8 Å². The van der Waals surface area contributed by atoms with Gasteiger partial charge in [0.15, 0.2) is 15.8 Å². The van der Waals surface area contributed by atoms with Crippen LogP contribution in [0.15, 0.2) is 83.8 Å². The Hall–Kier alpha value is -3.03. The van der Waals surface area contributed by atoms with Crippen LogP contribution in [-0.2, 0) is 11.4 Å². The average molecular weight is 567 g/mol. The molecule has 0 aromatic heterocycles. The number of nitrogens with zero attached hydrogens (tertiary/aromatic N) is 1. The molecule has 1 heterocycles. The van der Waals surface area contributed by atoms with Crippen LogP contribution in [0.4, 0.5) is 5.69 Å². The molecule has 8 heteroatoms. The van der Waals surface area contributed by atoms with E-state index in [0.717, 1.165) is 27.6 Å². The summed E-state index contributed by atoms with van der Waals surface area (Å²) in [6, 6.07) is 24.7. The summed E-state index contributed by atoms with van der Waals surface area (Å²) in [5, 5.41) is 3.13. The smallest absolute Gasteiger partial charge is 0.270 e. The molecule has 0 unspecified atom stereocenters. The molecule has 0 saturated carbocycles. The zero-order valence-corrected chi connectivity index (χ0v) is 22.9. The molecule has 4 aromatic carbocycles. The van der Waals surface area contributed by atoms with Gasteiger partial charge in [-0.1, -0.05) is 95.7 Å². The number of anilines is 1. The second-order valence-corrected chi connectivity index (χ2v) is 10.7. The van der Waals surface area contributed by atoms with Gasteiger partial charge in [0.05, 0.1) is 17.2 Å². The highest BCUT2D eigenvalue weighted by molar-refractivity contribution is 8.27. The molecule has 4 nitrogen and oxygen atoms in total. The lowest BCUT2D eigenvalue weighted by molar-refractivity contribution is -0.113. The monoisotopic (exact) mass is 565 g/mol. The fourth-order valence-electron chi connectivity index (χ4n) is 4.03. The second kappa shape index (κ2) is 11.2. The summed E-state index contributed by atoms with van der Waals surface area (Å²) < 4.78 is 12.3. The number of rotatable bonds is 7. The number of thiocarbonyl (C=S) groups is 1. The number of carbonyl (C=O) groups is 1. The summed E-state index contributed by atoms with van der Waals surface area (Å²) in [6.07, 6.45) is 1.83. The number of hydrogen-bond acceptors (Lipinski definition) is 5. The predicted molar refractivity (Wildman–Crippen MR) is 158 cm³/mol. The van der Waals surface area contributed by atoms with E-state index < -0.39 is 0 Å². The van der Waals surface area contributed by atoms with Gasteiger partial charge >= 0.3 is 0 Å². The van der Waals surface area contributed by atoms with E-state index in [9.17, 15) is 4.79 Å². The van der Waals surface area contributed by atoms with Crippen molar-refractivity contribution in [1.29, 1.82) is 0 Å². The van der Waals surface area contributed by atoms with Crippen molar-refractivity contribution in [3.05, 3.63) is 105 Å². The molecule has 0 aliphatic carbocycles. The quantitative estimate of drug-likeness (QED) is 0.166. The third kappa shape index (κ3) is 5.48. The van der Waals surface area contributed by atoms with E-state index in [-0.39, 0.29) is 12.5 Å². The highest BCUT2D eigenvalue weighted by atomic mass is 35.5. The molecule has 0 radical (unpaired) electrons. The Morgan fingerprint density at radius 1 is 0.946 bits per heavy atom. The van der Waals surface area contributed by atoms with Crippen molar-refractivity contribution >= 4 is 79.9 Å². The molecular weight excluding hydrogens is 545 g/mol. The molecule has 37 heavy (non-hydrogen) atoms. The van der Waals surface area contributed by atoms with Gasteiger partial charge in [-0.05, 0) is 54.3 Å². The maximum atomic E-state index is 13.4. The van der Waals surface area contributed by atoms with Gasteiger partial charge in [-0.25, -0.2) is 0 Å². The number of carbonyl (C=O) groups excluding carboxylic acids is 1. The molecular formula is C29H21Cl2NO3S2. The Balaban J connectivity index is 1.40. The predicted octanol–water partition coefficient (Wildman–Crippen LogP) is 8.53. The fourth-order valence-corrected chi connectivity index (χ4v) is 5.77. The van der Waals surface area contributed by atoms with Crippen molar-refractivity contribution < 1.29 is 14.3 Å². The minimum Gasteiger partial charge on any atom is -0.490 e. The number of halogens is 2. The summed E-state index contributed by atoms with van der Waals surface area (Å²) in [7, 11) is 0. The molecule has 0 N–H and O–H groups in total. The topological polar surface area (TPSA) is 38.8 Å². The molecule has 1 fully saturated rings. The number of thioether (sulfide) groups is 1. The zero-order valence-electron chi connectivity index (χ0n) is 19.7. The Morgan fingerprint density at radius 2 is 1.76 bits per heavy atom. The van der Waals surface area contributed by atoms with Gasteiger partial charge in [0.1, 0.15) is 6.61 Å². The number of benzene rings is 4. The molecule has 1 saturated heterocycles. The van der Waals surface area contributed by atoms with Crippen LogP contribution in [0.3, 0.4) is 0 Å². The zero-order chi connectivity index (χ0) is 25.9. The number of amides is 1. The van der Waals surface area contributed by atoms with Gasteiger partial charge in [0, 0.05) is 21.0 Å². The van der Waals surface area contributed by atoms with Crippen molar-refractivity contribution in [1.82, 2.24) is 0 Å². The molecule has 0 spiro atoms. The van der Waals surface area contributed by atoms with E-state index in [4.69, 9.17) is 44.9 Å². The lowest BCUT2D eigenvalue weighted by Crippen LogP contribution is -2.27. The van der Waals surface area contributed by atoms with Crippen molar-refractivity contribution in [3.8, 4) is 11.5 Å². The highest BCUT2D eigenvalue weighted by Gasteiger charge is 2.34. The van der Waals surface area contributed by atoms with E-state index in [1.165, 1.54) is 11.8 Å². The van der Waals surface area contributed by atoms with Crippen molar-refractivity contribution in [2.24, 2.45) is 0 Å². The number of hydrogen-bond donors (Lipinski definition) is 0. The highest BCUT2D eigenvalue weighted by Crippen LogP contribution is 2.40. The minimum atomic E-state index is -0.151. The van der Waals surface area contributed by atoms with E-state index in [2.05, 4.69) is 0 Å². The van der Waals surface area contributed by atoms with E-state index in [1.807, 2.05) is 79.7 Å². The molecule has 186 valence electrons. The van der Waals surface area contributed by atoms with Crippen LogP contribution in [0.1, 0.15) is 18.1 Å². The van der Waals surface area contributed by atoms with Crippen molar-refractivity contribution in [2.75, 3.05) is 11.5 Å². The Labute approximate surface area is 234 Å². The minimum absolute atomic E-state index is 0.151. The van der Waals surface area contributed by atoms with E-state index in [1.54, 1.807) is 17.0 Å². The third-order valence-electron chi connectivity index (χ3n) is 5.76. The first-order valence-electron chi connectivity index (χ1n) is 11.5. The van der Waals surface area contributed by atoms with E-state index >= 15 is 0 Å². The third-order valence-corrected chi connectivity index (χ3v) is 7.65. The Morgan fingerprint density at radius 3 is 2.57 bits per heavy atom. The normalized spacial score (nSPS) is 14.6. The average Bonchev–Trinajstić information content (AvgIpc) is 3.16. The molecule has 1 aliphatic heterocycles. The van der Waals surface area contributed by atoms with Crippen LogP contribution in [0.5, 0.6) is 11.5 Å². The number of ether oxygens (including phenoxy) is 2. The lowest BCUT2D eigenvalue weighted by atomic mass is 10.1. The summed E-state index contributed by atoms with van der Waals surface area (Å²) in [4.78, 5) is 15.6. The molecule has 1 amide bonds. The Bertz CT molecular complexity index is 1550. The first kappa shape index (κ1) is 25.6. The van der Waals surface area contributed by atoms with Crippen LogP contribution >= 0.6 is 47.2 Å². The molecule has 4 aromatic rings. The summed E-state index contributed by atoms with van der Waals surface area (Å²) in [5.74, 6) is 1.00. The molecule has 5 rings (SSSR count). The van der Waals surface area contributed by atoms with Crippen molar-refractivity contribution in [3.63, 3.8) is 0 Å². The van der Waals surface area contributed by atoms with Crippen molar-refractivity contribution in [2.45, 2.75) is 13.5 Å². The van der Waals surface area contributed by atoms with Crippen LogP contribution in [0.2, 0.25) is 10.0 Å². The van der Waals surface area contributed by atoms with Gasteiger partial charge in [-0.2, -0.15) is 0 Å². The van der Waals surface area contributed by atoms with Gasteiger partial charge < -0.3 is 9.47 Å². The molecule has 0 bridgehead atoms. The fraction of sp³-hybridized carbons (Fsp3) is 0.103. The van der Waals surface area contributed by atoms with Gasteiger partial charge in [0.2, 0.25) is 0 Å². The molecule has 1 aliphatic rings. The summed E-state index contributed by atoms with van der Waals surface area (Å²) >= 11 is 19.2. The molecule has 0 atom stereocenters. The maximum Gasteiger partial charge on any atom is 0.270 e. The Kier molecular flexibility index (Phi) is 7.72. The first-order chi connectivity index (χ1) is 17.9. The number of fused-ring (bicyclic) bond motifs is 1. The largest absolute Gasteiger partial charge is 0.490 e. The van der Waals surface area contributed by atoms with Crippen LogP contribution < -0.4 is 14.4 Å².